The van der Waals surface area contributed by atoms with E-state index in [-0.39, 0.29) is 28.8 Å². The van der Waals surface area contributed by atoms with Gasteiger partial charge in [0.05, 0.1) is 22.3 Å². The minimum absolute atomic E-state index is 0.0770. The molecule has 0 saturated carbocycles. The molecule has 158 valence electrons. The molecule has 1 N–H and O–H groups in total. The van der Waals surface area contributed by atoms with Gasteiger partial charge in [0.15, 0.2) is 16.7 Å². The third-order valence-corrected chi connectivity index (χ3v) is 6.04. The van der Waals surface area contributed by atoms with E-state index >= 15 is 0 Å². The summed E-state index contributed by atoms with van der Waals surface area (Å²) in [6.07, 6.45) is 0. The van der Waals surface area contributed by atoms with E-state index in [1.807, 2.05) is 13.8 Å². The van der Waals surface area contributed by atoms with E-state index in [2.05, 4.69) is 9.97 Å². The largest absolute Gasteiger partial charge is 0.355 e. The Bertz CT molecular complexity index is 1210. The lowest BCUT2D eigenvalue weighted by Gasteiger charge is -2.15. The molecule has 0 aliphatic rings. The van der Waals surface area contributed by atoms with E-state index in [4.69, 9.17) is 11.6 Å². The number of hydrogen-bond acceptors (Lipinski definition) is 5. The van der Waals surface area contributed by atoms with Gasteiger partial charge in [0.2, 0.25) is 0 Å². The van der Waals surface area contributed by atoms with Gasteiger partial charge >= 0.3 is 0 Å². The van der Waals surface area contributed by atoms with Gasteiger partial charge in [-0.2, -0.15) is 0 Å². The number of aryl methyl sites for hydroxylation is 1. The van der Waals surface area contributed by atoms with Crippen molar-refractivity contribution < 1.29 is 9.59 Å². The molecule has 3 aromatic rings. The number of nitrogens with one attached hydrogen (secondary N) is 1. The SMILES string of the molecule is CC(=O)c1c(C)[nH]c(C(=O)CSc2nc3cc(Cl)ccc3c(=O)n2CC(C)C)c1C. The predicted octanol–water partition coefficient (Wildman–Crippen LogP) is 4.83. The molecule has 0 atom stereocenters. The predicted molar refractivity (Wildman–Crippen MR) is 121 cm³/mol. The first-order chi connectivity index (χ1) is 14.1. The average Bonchev–Trinajstić information content (AvgIpc) is 2.96. The summed E-state index contributed by atoms with van der Waals surface area (Å²) in [7, 11) is 0. The molecule has 1 aromatic carbocycles. The Morgan fingerprint density at radius 1 is 1.27 bits per heavy atom. The normalized spacial score (nSPS) is 11.4. The first-order valence-electron chi connectivity index (χ1n) is 9.66. The fourth-order valence-electron chi connectivity index (χ4n) is 3.57. The van der Waals surface area contributed by atoms with Crippen molar-refractivity contribution in [1.29, 1.82) is 0 Å². The maximum Gasteiger partial charge on any atom is 0.262 e. The molecule has 8 heteroatoms. The van der Waals surface area contributed by atoms with Crippen molar-refractivity contribution in [3.63, 3.8) is 0 Å². The van der Waals surface area contributed by atoms with Crippen LogP contribution in [-0.4, -0.2) is 31.9 Å². The van der Waals surface area contributed by atoms with Crippen LogP contribution in [-0.2, 0) is 6.54 Å². The Hall–Kier alpha value is -2.38. The van der Waals surface area contributed by atoms with Gasteiger partial charge in [-0.05, 0) is 50.5 Å². The number of nitrogens with zero attached hydrogens (tertiary/aromatic N) is 2. The second-order valence-electron chi connectivity index (χ2n) is 7.76. The van der Waals surface area contributed by atoms with Crippen LogP contribution in [0.5, 0.6) is 0 Å². The highest BCUT2D eigenvalue weighted by molar-refractivity contribution is 7.99. The maximum atomic E-state index is 13.0. The first-order valence-corrected chi connectivity index (χ1v) is 11.0. The van der Waals surface area contributed by atoms with E-state index in [0.29, 0.717) is 50.1 Å². The fourth-order valence-corrected chi connectivity index (χ4v) is 4.62. The first kappa shape index (κ1) is 22.3. The number of carbonyl (C=O) groups excluding carboxylic acids is 2. The van der Waals surface area contributed by atoms with Crippen molar-refractivity contribution >= 4 is 45.8 Å². The third-order valence-electron chi connectivity index (χ3n) is 4.83. The summed E-state index contributed by atoms with van der Waals surface area (Å²) in [6.45, 7) is 9.57. The number of aromatic nitrogens is 3. The standard InChI is InChI=1S/C22H24ClN3O3S/c1-11(2)9-26-21(29)16-7-6-15(23)8-17(16)25-22(26)30-10-18(28)20-12(3)19(14(5)27)13(4)24-20/h6-8,11,24H,9-10H2,1-5H3. The molecule has 0 spiro atoms. The van der Waals surface area contributed by atoms with Crippen LogP contribution in [0.25, 0.3) is 10.9 Å². The number of ketones is 2. The highest BCUT2D eigenvalue weighted by Gasteiger charge is 2.21. The Labute approximate surface area is 184 Å². The van der Waals surface area contributed by atoms with Gasteiger partial charge in [0.1, 0.15) is 0 Å². The number of Topliss-reactive ketones (excluding diaryl/α,β-unsaturated/α-hetero) is 2. The third kappa shape index (κ3) is 4.37. The van der Waals surface area contributed by atoms with Crippen LogP contribution in [0.1, 0.15) is 52.9 Å². The van der Waals surface area contributed by atoms with Gasteiger partial charge in [0.25, 0.3) is 5.56 Å². The fraction of sp³-hybridized carbons (Fsp3) is 0.364. The molecule has 30 heavy (non-hydrogen) atoms. The minimum Gasteiger partial charge on any atom is -0.355 e. The number of aromatic amines is 1. The van der Waals surface area contributed by atoms with E-state index in [1.54, 1.807) is 36.6 Å². The van der Waals surface area contributed by atoms with Crippen LogP contribution in [0, 0.1) is 19.8 Å². The topological polar surface area (TPSA) is 84.8 Å². The number of thioether (sulfide) groups is 1. The lowest BCUT2D eigenvalue weighted by molar-refractivity contribution is 0.101. The summed E-state index contributed by atoms with van der Waals surface area (Å²) < 4.78 is 1.62. The number of rotatable bonds is 7. The van der Waals surface area contributed by atoms with E-state index in [9.17, 15) is 14.4 Å². The minimum atomic E-state index is -0.148. The molecule has 0 radical (unpaired) electrons. The van der Waals surface area contributed by atoms with Gasteiger partial charge in [-0.25, -0.2) is 4.98 Å². The molecule has 0 fully saturated rings. The summed E-state index contributed by atoms with van der Waals surface area (Å²) in [4.78, 5) is 45.4. The smallest absolute Gasteiger partial charge is 0.262 e. The monoisotopic (exact) mass is 445 g/mol. The average molecular weight is 446 g/mol. The summed E-state index contributed by atoms with van der Waals surface area (Å²) in [5, 5.41) is 1.47. The summed E-state index contributed by atoms with van der Waals surface area (Å²) in [5.41, 5.74) is 2.68. The van der Waals surface area contributed by atoms with E-state index in [0.717, 1.165) is 0 Å². The van der Waals surface area contributed by atoms with Crippen molar-refractivity contribution in [3.8, 4) is 0 Å². The maximum absolute atomic E-state index is 13.0. The highest BCUT2D eigenvalue weighted by atomic mass is 35.5. The Kier molecular flexibility index (Phi) is 6.53. The van der Waals surface area contributed by atoms with E-state index < -0.39 is 0 Å². The molecule has 0 saturated heterocycles. The van der Waals surface area contributed by atoms with Crippen molar-refractivity contribution in [2.24, 2.45) is 5.92 Å². The molecule has 0 aliphatic carbocycles. The van der Waals surface area contributed by atoms with Crippen LogP contribution in [0.3, 0.4) is 0 Å². The quantitative estimate of drug-likeness (QED) is 0.320. The molecular formula is C22H24ClN3O3S. The molecular weight excluding hydrogens is 422 g/mol. The summed E-state index contributed by atoms with van der Waals surface area (Å²) in [5.74, 6) is 0.0986. The molecule has 0 amide bonds. The molecule has 2 heterocycles. The molecule has 0 aliphatic heterocycles. The van der Waals surface area contributed by atoms with Crippen LogP contribution < -0.4 is 5.56 Å². The van der Waals surface area contributed by atoms with Crippen LogP contribution >= 0.6 is 23.4 Å². The lowest BCUT2D eigenvalue weighted by atomic mass is 10.1. The van der Waals surface area contributed by atoms with Gasteiger partial charge in [-0.3, -0.25) is 19.0 Å². The van der Waals surface area contributed by atoms with Crippen LogP contribution in [0.4, 0.5) is 0 Å². The van der Waals surface area contributed by atoms with Crippen LogP contribution in [0.2, 0.25) is 5.02 Å². The van der Waals surface area contributed by atoms with Crippen molar-refractivity contribution in [2.45, 2.75) is 46.3 Å². The second-order valence-corrected chi connectivity index (χ2v) is 9.14. The zero-order valence-electron chi connectivity index (χ0n) is 17.6. The lowest BCUT2D eigenvalue weighted by Crippen LogP contribution is -2.25. The number of H-pyrrole nitrogens is 1. The Balaban J connectivity index is 1.97. The Morgan fingerprint density at radius 2 is 1.97 bits per heavy atom. The van der Waals surface area contributed by atoms with Gasteiger partial charge in [-0.15, -0.1) is 0 Å². The zero-order chi connectivity index (χ0) is 22.2. The second kappa shape index (κ2) is 8.78. The molecule has 3 rings (SSSR count). The van der Waals surface area contributed by atoms with Gasteiger partial charge in [0, 0.05) is 22.8 Å². The van der Waals surface area contributed by atoms with Gasteiger partial charge in [-0.1, -0.05) is 37.2 Å². The number of benzene rings is 1. The number of fused-ring (bicyclic) bond motifs is 1. The molecule has 0 bridgehead atoms. The highest BCUT2D eigenvalue weighted by Crippen LogP contribution is 2.24. The number of carbonyl (C=O) groups is 2. The summed E-state index contributed by atoms with van der Waals surface area (Å²) in [6, 6.07) is 5.01. The van der Waals surface area contributed by atoms with Gasteiger partial charge < -0.3 is 4.98 Å². The summed E-state index contributed by atoms with van der Waals surface area (Å²) >= 11 is 7.29. The van der Waals surface area contributed by atoms with Crippen molar-refractivity contribution in [2.75, 3.05) is 5.75 Å². The molecule has 2 aromatic heterocycles. The van der Waals surface area contributed by atoms with Crippen molar-refractivity contribution in [3.05, 3.63) is 56.1 Å². The Morgan fingerprint density at radius 3 is 2.57 bits per heavy atom. The number of halogens is 1. The number of hydrogen-bond donors (Lipinski definition) is 1. The van der Waals surface area contributed by atoms with Crippen molar-refractivity contribution in [1.82, 2.24) is 14.5 Å². The van der Waals surface area contributed by atoms with Crippen LogP contribution in [0.15, 0.2) is 28.2 Å². The van der Waals surface area contributed by atoms with E-state index in [1.165, 1.54) is 18.7 Å². The zero-order valence-corrected chi connectivity index (χ0v) is 19.2. The molecule has 6 nitrogen and oxygen atoms in total. The molecule has 0 unspecified atom stereocenters.